The van der Waals surface area contributed by atoms with Crippen molar-refractivity contribution < 1.29 is 13.9 Å². The molecule has 18 heavy (non-hydrogen) atoms. The number of ether oxygens (including phenoxy) is 1. The first-order valence-electron chi connectivity index (χ1n) is 4.81. The van der Waals surface area contributed by atoms with Gasteiger partial charge in [0, 0.05) is 0 Å². The van der Waals surface area contributed by atoms with Crippen LogP contribution in [0, 0.1) is 5.82 Å². The lowest BCUT2D eigenvalue weighted by Gasteiger charge is -2.02. The van der Waals surface area contributed by atoms with E-state index < -0.39 is 11.8 Å². The molecule has 0 bridgehead atoms. The highest BCUT2D eigenvalue weighted by Gasteiger charge is 2.12. The number of aromatic nitrogens is 5. The summed E-state index contributed by atoms with van der Waals surface area (Å²) in [6.45, 7) is -0.0902. The van der Waals surface area contributed by atoms with Gasteiger partial charge in [-0.05, 0) is 34.3 Å². The molecule has 0 fully saturated rings. The van der Waals surface area contributed by atoms with Gasteiger partial charge in [-0.25, -0.2) is 14.1 Å². The van der Waals surface area contributed by atoms with Gasteiger partial charge in [-0.1, -0.05) is 0 Å². The Morgan fingerprint density at radius 1 is 1.56 bits per heavy atom. The molecule has 2 aromatic rings. The maximum atomic E-state index is 12.7. The molecule has 2 heterocycles. The first kappa shape index (κ1) is 12.4. The number of carbonyl (C=O) groups is 1. The summed E-state index contributed by atoms with van der Waals surface area (Å²) >= 11 is 1.12. The molecule has 0 radical (unpaired) electrons. The van der Waals surface area contributed by atoms with Crippen LogP contribution in [0.3, 0.4) is 0 Å². The van der Waals surface area contributed by atoms with Gasteiger partial charge >= 0.3 is 5.97 Å². The quantitative estimate of drug-likeness (QED) is 0.749. The number of hydrogen-bond donors (Lipinski definition) is 0. The fourth-order valence-corrected chi connectivity index (χ4v) is 1.78. The fourth-order valence-electron chi connectivity index (χ4n) is 1.07. The number of carbonyl (C=O) groups excluding carboxylic acids is 1. The lowest BCUT2D eigenvalue weighted by atomic mass is 10.5. The molecule has 2 rings (SSSR count). The molecule has 0 unspecified atom stereocenters. The van der Waals surface area contributed by atoms with E-state index in [1.807, 2.05) is 0 Å². The van der Waals surface area contributed by atoms with E-state index >= 15 is 0 Å². The Morgan fingerprint density at radius 2 is 2.39 bits per heavy atom. The summed E-state index contributed by atoms with van der Waals surface area (Å²) in [4.78, 5) is 15.0. The number of rotatable bonds is 4. The number of methoxy groups -OCH3 is 1. The predicted octanol–water partition coefficient (Wildman–Crippen LogP) is 0.531. The Hall–Kier alpha value is -2.03. The van der Waals surface area contributed by atoms with Crippen LogP contribution in [0.1, 0.15) is 0 Å². The molecule has 0 saturated carbocycles. The normalized spacial score (nSPS) is 10.3. The number of tetrazole rings is 1. The number of pyridine rings is 1. The molecule has 7 nitrogen and oxygen atoms in total. The predicted molar refractivity (Wildman–Crippen MR) is 58.2 cm³/mol. The van der Waals surface area contributed by atoms with Crippen molar-refractivity contribution in [2.24, 2.45) is 0 Å². The minimum absolute atomic E-state index is 0.0902. The Morgan fingerprint density at radius 3 is 3.06 bits per heavy atom. The smallest absolute Gasteiger partial charge is 0.327 e. The third kappa shape index (κ3) is 3.00. The molecule has 0 amide bonds. The summed E-state index contributed by atoms with van der Waals surface area (Å²) in [5, 5.41) is 11.7. The Bertz CT molecular complexity index is 544. The molecule has 0 aliphatic rings. The first-order valence-corrected chi connectivity index (χ1v) is 5.63. The lowest BCUT2D eigenvalue weighted by molar-refractivity contribution is -0.141. The van der Waals surface area contributed by atoms with E-state index in [4.69, 9.17) is 0 Å². The molecular formula is C9H8FN5O2S. The van der Waals surface area contributed by atoms with Crippen LogP contribution < -0.4 is 0 Å². The number of nitrogens with zero attached hydrogens (tertiary/aromatic N) is 5. The van der Waals surface area contributed by atoms with E-state index in [2.05, 4.69) is 25.2 Å². The molecule has 0 aromatic carbocycles. The summed E-state index contributed by atoms with van der Waals surface area (Å²) in [5.74, 6) is -0.885. The van der Waals surface area contributed by atoms with Gasteiger partial charge in [-0.15, -0.1) is 5.10 Å². The van der Waals surface area contributed by atoms with Crippen LogP contribution in [-0.4, -0.2) is 38.3 Å². The zero-order valence-corrected chi connectivity index (χ0v) is 10.1. The third-order valence-corrected chi connectivity index (χ3v) is 2.83. The van der Waals surface area contributed by atoms with Crippen LogP contribution in [0.15, 0.2) is 28.5 Å². The maximum absolute atomic E-state index is 12.7. The van der Waals surface area contributed by atoms with Gasteiger partial charge in [0.05, 0.1) is 13.3 Å². The van der Waals surface area contributed by atoms with Crippen molar-refractivity contribution in [3.05, 3.63) is 24.1 Å². The molecule has 0 spiro atoms. The number of hydrogen-bond acceptors (Lipinski definition) is 7. The van der Waals surface area contributed by atoms with Crippen molar-refractivity contribution in [3.8, 4) is 0 Å². The van der Waals surface area contributed by atoms with Gasteiger partial charge in [0.1, 0.15) is 17.4 Å². The zero-order chi connectivity index (χ0) is 13.0. The van der Waals surface area contributed by atoms with E-state index in [0.717, 1.165) is 18.0 Å². The van der Waals surface area contributed by atoms with Crippen LogP contribution in [0.2, 0.25) is 0 Å². The summed E-state index contributed by atoms with van der Waals surface area (Å²) in [7, 11) is 1.28. The zero-order valence-electron chi connectivity index (χ0n) is 9.28. The number of halogens is 1. The Labute approximate surface area is 105 Å². The van der Waals surface area contributed by atoms with Crippen molar-refractivity contribution in [1.82, 2.24) is 25.2 Å². The second-order valence-corrected chi connectivity index (χ2v) is 4.10. The third-order valence-electron chi connectivity index (χ3n) is 1.90. The summed E-state index contributed by atoms with van der Waals surface area (Å²) in [5.41, 5.74) is 0. The van der Waals surface area contributed by atoms with Crippen LogP contribution >= 0.6 is 11.8 Å². The minimum Gasteiger partial charge on any atom is -0.468 e. The monoisotopic (exact) mass is 269 g/mol. The molecule has 0 N–H and O–H groups in total. The van der Waals surface area contributed by atoms with Crippen LogP contribution in [0.4, 0.5) is 4.39 Å². The number of esters is 1. The fraction of sp³-hybridized carbons (Fsp3) is 0.222. The van der Waals surface area contributed by atoms with Gasteiger partial charge in [0.2, 0.25) is 5.16 Å². The van der Waals surface area contributed by atoms with E-state index in [9.17, 15) is 9.18 Å². The largest absolute Gasteiger partial charge is 0.468 e. The van der Waals surface area contributed by atoms with E-state index in [-0.39, 0.29) is 6.54 Å². The molecule has 0 aliphatic heterocycles. The minimum atomic E-state index is -0.462. The summed E-state index contributed by atoms with van der Waals surface area (Å²) in [6.07, 6.45) is 1.09. The topological polar surface area (TPSA) is 82.8 Å². The van der Waals surface area contributed by atoms with Crippen molar-refractivity contribution in [1.29, 1.82) is 0 Å². The first-order chi connectivity index (χ1) is 8.69. The van der Waals surface area contributed by atoms with E-state index in [1.165, 1.54) is 23.9 Å². The van der Waals surface area contributed by atoms with Crippen molar-refractivity contribution in [2.75, 3.05) is 7.11 Å². The average molecular weight is 269 g/mol. The van der Waals surface area contributed by atoms with Crippen molar-refractivity contribution >= 4 is 17.7 Å². The highest BCUT2D eigenvalue weighted by molar-refractivity contribution is 7.99. The standard InChI is InChI=1S/C9H8FN5O2S/c1-17-8(16)5-15-9(12-13-14-15)18-7-3-2-6(10)4-11-7/h2-4H,5H2,1H3. The molecule has 0 saturated heterocycles. The highest BCUT2D eigenvalue weighted by atomic mass is 32.2. The Kier molecular flexibility index (Phi) is 3.82. The maximum Gasteiger partial charge on any atom is 0.327 e. The van der Waals surface area contributed by atoms with Crippen LogP contribution in [0.5, 0.6) is 0 Å². The SMILES string of the molecule is COC(=O)Cn1nnnc1Sc1ccc(F)cn1. The average Bonchev–Trinajstić information content (AvgIpc) is 2.79. The highest BCUT2D eigenvalue weighted by Crippen LogP contribution is 2.22. The van der Waals surface area contributed by atoms with Gasteiger partial charge in [-0.2, -0.15) is 0 Å². The van der Waals surface area contributed by atoms with Crippen LogP contribution in [0.25, 0.3) is 0 Å². The van der Waals surface area contributed by atoms with E-state index in [1.54, 1.807) is 0 Å². The molecular weight excluding hydrogens is 261 g/mol. The van der Waals surface area contributed by atoms with Gasteiger partial charge in [0.15, 0.2) is 0 Å². The Balaban J connectivity index is 2.12. The van der Waals surface area contributed by atoms with E-state index in [0.29, 0.717) is 10.2 Å². The second kappa shape index (κ2) is 5.54. The van der Waals surface area contributed by atoms with Crippen molar-refractivity contribution in [2.45, 2.75) is 16.7 Å². The summed E-state index contributed by atoms with van der Waals surface area (Å²) in [6, 6.07) is 2.78. The summed E-state index contributed by atoms with van der Waals surface area (Å²) < 4.78 is 18.5. The van der Waals surface area contributed by atoms with Gasteiger partial charge in [-0.3, -0.25) is 4.79 Å². The van der Waals surface area contributed by atoms with Gasteiger partial charge in [0.25, 0.3) is 0 Å². The molecule has 94 valence electrons. The lowest BCUT2D eigenvalue weighted by Crippen LogP contribution is -2.13. The molecule has 2 aromatic heterocycles. The van der Waals surface area contributed by atoms with Crippen LogP contribution in [-0.2, 0) is 16.1 Å². The second-order valence-electron chi connectivity index (χ2n) is 3.11. The molecule has 0 atom stereocenters. The van der Waals surface area contributed by atoms with Gasteiger partial charge < -0.3 is 4.74 Å². The molecule has 0 aliphatic carbocycles. The van der Waals surface area contributed by atoms with Crippen molar-refractivity contribution in [3.63, 3.8) is 0 Å². The molecule has 9 heteroatoms.